The molecule has 2 saturated carbocycles. The minimum Gasteiger partial charge on any atom is -0.310 e. The average molecular weight is 275 g/mol. The van der Waals surface area contributed by atoms with Gasteiger partial charge in [0.1, 0.15) is 5.82 Å². The molecular weight excluding hydrogens is 249 g/mol. The molecule has 0 spiro atoms. The van der Waals surface area contributed by atoms with Crippen LogP contribution < -0.4 is 5.32 Å². The number of nitrogens with one attached hydrogen (secondary N) is 1. The maximum Gasteiger partial charge on any atom is 0.123 e. The molecule has 3 unspecified atom stereocenters. The molecule has 1 aromatic carbocycles. The number of benzene rings is 1. The van der Waals surface area contributed by atoms with E-state index in [0.717, 1.165) is 41.8 Å². The first kappa shape index (κ1) is 14.1. The Morgan fingerprint density at radius 3 is 2.35 bits per heavy atom. The van der Waals surface area contributed by atoms with Crippen molar-refractivity contribution in [3.05, 3.63) is 34.6 Å². The van der Waals surface area contributed by atoms with Crippen LogP contribution in [-0.4, -0.2) is 6.54 Å². The van der Waals surface area contributed by atoms with Crippen molar-refractivity contribution in [2.45, 2.75) is 52.5 Å². The second kappa shape index (κ2) is 5.48. The molecule has 3 rings (SSSR count). The van der Waals surface area contributed by atoms with E-state index >= 15 is 0 Å². The van der Waals surface area contributed by atoms with Crippen molar-refractivity contribution in [1.29, 1.82) is 0 Å². The summed E-state index contributed by atoms with van der Waals surface area (Å²) in [5.74, 6) is 2.54. The maximum absolute atomic E-state index is 13.6. The van der Waals surface area contributed by atoms with Gasteiger partial charge < -0.3 is 5.32 Å². The van der Waals surface area contributed by atoms with Crippen LogP contribution in [0, 0.1) is 37.4 Å². The number of hydrogen-bond acceptors (Lipinski definition) is 1. The van der Waals surface area contributed by atoms with Gasteiger partial charge >= 0.3 is 0 Å². The van der Waals surface area contributed by atoms with Crippen molar-refractivity contribution in [3.8, 4) is 0 Å². The van der Waals surface area contributed by atoms with Gasteiger partial charge in [0, 0.05) is 6.04 Å². The Kier molecular flexibility index (Phi) is 3.85. The lowest BCUT2D eigenvalue weighted by atomic mass is 9.90. The zero-order chi connectivity index (χ0) is 14.3. The molecule has 0 bridgehead atoms. The molecule has 110 valence electrons. The first-order valence-corrected chi connectivity index (χ1v) is 8.13. The lowest BCUT2D eigenvalue weighted by molar-refractivity contribution is 0.414. The smallest absolute Gasteiger partial charge is 0.123 e. The van der Waals surface area contributed by atoms with Crippen LogP contribution in [-0.2, 0) is 0 Å². The summed E-state index contributed by atoms with van der Waals surface area (Å²) in [7, 11) is 0. The van der Waals surface area contributed by atoms with Gasteiger partial charge in [0.05, 0.1) is 0 Å². The van der Waals surface area contributed by atoms with Gasteiger partial charge in [-0.15, -0.1) is 0 Å². The zero-order valence-corrected chi connectivity index (χ0v) is 12.9. The SMILES string of the molecule is CCCNC(c1c(C)cc(F)cc1C)C1C2CCCC21. The monoisotopic (exact) mass is 275 g/mol. The predicted octanol–water partition coefficient (Wildman–Crippen LogP) is 4.53. The van der Waals surface area contributed by atoms with E-state index in [9.17, 15) is 4.39 Å². The fraction of sp³-hybridized carbons (Fsp3) is 0.667. The molecule has 2 heteroatoms. The first-order chi connectivity index (χ1) is 9.63. The van der Waals surface area contributed by atoms with Gasteiger partial charge in [-0.3, -0.25) is 0 Å². The Balaban J connectivity index is 1.89. The molecule has 1 nitrogen and oxygen atoms in total. The van der Waals surface area contributed by atoms with Crippen LogP contribution >= 0.6 is 0 Å². The molecule has 0 saturated heterocycles. The number of fused-ring (bicyclic) bond motifs is 1. The highest BCUT2D eigenvalue weighted by molar-refractivity contribution is 5.38. The second-order valence-corrected chi connectivity index (χ2v) is 6.72. The standard InChI is InChI=1S/C18H26FN/c1-4-8-20-18(17-14-6-5-7-15(14)17)16-11(2)9-13(19)10-12(16)3/h9-10,14-15,17-18,20H,4-8H2,1-3H3. The van der Waals surface area contributed by atoms with Gasteiger partial charge in [-0.05, 0) is 86.2 Å². The number of rotatable bonds is 5. The molecule has 1 aromatic rings. The zero-order valence-electron chi connectivity index (χ0n) is 12.9. The van der Waals surface area contributed by atoms with Crippen molar-refractivity contribution in [2.24, 2.45) is 17.8 Å². The van der Waals surface area contributed by atoms with Crippen LogP contribution in [0.1, 0.15) is 55.3 Å². The Morgan fingerprint density at radius 1 is 1.20 bits per heavy atom. The van der Waals surface area contributed by atoms with Gasteiger partial charge in [-0.1, -0.05) is 13.3 Å². The number of halogens is 1. The van der Waals surface area contributed by atoms with Gasteiger partial charge in [0.2, 0.25) is 0 Å². The lowest BCUT2D eigenvalue weighted by Crippen LogP contribution is -2.27. The van der Waals surface area contributed by atoms with Crippen molar-refractivity contribution in [1.82, 2.24) is 5.32 Å². The van der Waals surface area contributed by atoms with E-state index < -0.39 is 0 Å². The van der Waals surface area contributed by atoms with Crippen LogP contribution in [0.3, 0.4) is 0 Å². The quantitative estimate of drug-likeness (QED) is 0.832. The summed E-state index contributed by atoms with van der Waals surface area (Å²) >= 11 is 0. The Bertz CT molecular complexity index is 463. The normalized spacial score (nSPS) is 29.3. The summed E-state index contributed by atoms with van der Waals surface area (Å²) in [4.78, 5) is 0. The third-order valence-corrected chi connectivity index (χ3v) is 5.34. The molecule has 2 aliphatic carbocycles. The number of hydrogen-bond donors (Lipinski definition) is 1. The van der Waals surface area contributed by atoms with E-state index in [-0.39, 0.29) is 5.82 Å². The molecule has 20 heavy (non-hydrogen) atoms. The fourth-order valence-electron chi connectivity index (χ4n) is 4.51. The highest BCUT2D eigenvalue weighted by Crippen LogP contribution is 2.62. The third-order valence-electron chi connectivity index (χ3n) is 5.34. The Labute approximate surface area is 122 Å². The lowest BCUT2D eigenvalue weighted by Gasteiger charge is -2.25. The Morgan fingerprint density at radius 2 is 1.80 bits per heavy atom. The summed E-state index contributed by atoms with van der Waals surface area (Å²) in [6, 6.07) is 3.83. The second-order valence-electron chi connectivity index (χ2n) is 6.72. The van der Waals surface area contributed by atoms with Gasteiger partial charge in [0.25, 0.3) is 0 Å². The summed E-state index contributed by atoms with van der Waals surface area (Å²) in [6.07, 6.45) is 5.36. The Hall–Kier alpha value is -0.890. The van der Waals surface area contributed by atoms with E-state index in [1.807, 2.05) is 0 Å². The van der Waals surface area contributed by atoms with E-state index in [4.69, 9.17) is 0 Å². The van der Waals surface area contributed by atoms with E-state index in [1.54, 1.807) is 12.1 Å². The molecule has 0 aliphatic heterocycles. The summed E-state index contributed by atoms with van der Waals surface area (Å²) < 4.78 is 13.6. The van der Waals surface area contributed by atoms with Crippen molar-refractivity contribution in [2.75, 3.05) is 6.54 Å². The molecule has 3 atom stereocenters. The molecule has 2 aliphatic rings. The molecule has 2 fully saturated rings. The van der Waals surface area contributed by atoms with Crippen LogP contribution in [0.25, 0.3) is 0 Å². The molecular formula is C18H26FN. The van der Waals surface area contributed by atoms with Crippen LogP contribution in [0.5, 0.6) is 0 Å². The van der Waals surface area contributed by atoms with E-state index in [0.29, 0.717) is 6.04 Å². The first-order valence-electron chi connectivity index (χ1n) is 8.13. The van der Waals surface area contributed by atoms with Gasteiger partial charge in [0.15, 0.2) is 0 Å². The minimum atomic E-state index is -0.103. The summed E-state index contributed by atoms with van der Waals surface area (Å²) in [5, 5.41) is 3.75. The van der Waals surface area contributed by atoms with Crippen LogP contribution in [0.4, 0.5) is 4.39 Å². The summed E-state index contributed by atoms with van der Waals surface area (Å²) in [6.45, 7) is 7.38. The minimum absolute atomic E-state index is 0.103. The highest BCUT2D eigenvalue weighted by Gasteiger charge is 2.56. The highest BCUT2D eigenvalue weighted by atomic mass is 19.1. The van der Waals surface area contributed by atoms with Crippen LogP contribution in [0.2, 0.25) is 0 Å². The number of aryl methyl sites for hydroxylation is 2. The van der Waals surface area contributed by atoms with Crippen molar-refractivity contribution < 1.29 is 4.39 Å². The van der Waals surface area contributed by atoms with E-state index in [2.05, 4.69) is 26.1 Å². The largest absolute Gasteiger partial charge is 0.310 e. The third kappa shape index (κ3) is 2.39. The molecule has 0 heterocycles. The van der Waals surface area contributed by atoms with Crippen LogP contribution in [0.15, 0.2) is 12.1 Å². The van der Waals surface area contributed by atoms with Crippen molar-refractivity contribution in [3.63, 3.8) is 0 Å². The summed E-state index contributed by atoms with van der Waals surface area (Å²) in [5.41, 5.74) is 3.58. The molecule has 1 N–H and O–H groups in total. The van der Waals surface area contributed by atoms with Gasteiger partial charge in [-0.25, -0.2) is 4.39 Å². The van der Waals surface area contributed by atoms with Crippen molar-refractivity contribution >= 4 is 0 Å². The fourth-order valence-corrected chi connectivity index (χ4v) is 4.51. The topological polar surface area (TPSA) is 12.0 Å². The van der Waals surface area contributed by atoms with E-state index in [1.165, 1.54) is 24.8 Å². The van der Waals surface area contributed by atoms with Gasteiger partial charge in [-0.2, -0.15) is 0 Å². The predicted molar refractivity (Wildman–Crippen MR) is 81.2 cm³/mol. The molecule has 0 aromatic heterocycles. The molecule has 0 radical (unpaired) electrons. The average Bonchev–Trinajstić information content (AvgIpc) is 2.85. The maximum atomic E-state index is 13.6. The molecule has 0 amide bonds.